The number of halogens is 2. The molecule has 0 aliphatic heterocycles. The van der Waals surface area contributed by atoms with Gasteiger partial charge in [-0.05, 0) is 18.6 Å². The summed E-state index contributed by atoms with van der Waals surface area (Å²) in [5, 5.41) is 18.1. The maximum absolute atomic E-state index is 14.6. The Balaban J connectivity index is 2.59. The molecule has 0 unspecified atom stereocenters. The molecule has 0 atom stereocenters. The molecule has 0 aliphatic carbocycles. The van der Waals surface area contributed by atoms with Gasteiger partial charge >= 0.3 is 0 Å². The van der Waals surface area contributed by atoms with Crippen molar-refractivity contribution in [2.75, 3.05) is 6.61 Å². The number of ether oxygens (including phenoxy) is 2. The molecular formula is C18H14F2N2O2. The van der Waals surface area contributed by atoms with Crippen LogP contribution in [0, 0.1) is 34.3 Å². The lowest BCUT2D eigenvalue weighted by Gasteiger charge is -2.15. The second-order valence-electron chi connectivity index (χ2n) is 4.88. The minimum atomic E-state index is -1.12. The van der Waals surface area contributed by atoms with Gasteiger partial charge in [0, 0.05) is 0 Å². The van der Waals surface area contributed by atoms with Crippen LogP contribution in [0.4, 0.5) is 8.78 Å². The molecule has 2 aromatic rings. The number of unbranched alkanes of at least 4 members (excludes halogenated alkanes) is 1. The van der Waals surface area contributed by atoms with Crippen LogP contribution in [0.2, 0.25) is 0 Å². The molecule has 2 aromatic carbocycles. The molecule has 0 aromatic heterocycles. The standard InChI is InChI=1S/C18H14F2N2O2/c1-2-3-9-23-17-15(19)13(10-21)14(11-22)16(20)18(17)24-12-7-5-4-6-8-12/h4-8H,2-3,9H2,1H3. The lowest BCUT2D eigenvalue weighted by Crippen LogP contribution is -2.07. The third-order valence-electron chi connectivity index (χ3n) is 3.22. The molecule has 0 saturated heterocycles. The molecule has 122 valence electrons. The van der Waals surface area contributed by atoms with Gasteiger partial charge in [0.1, 0.15) is 29.0 Å². The van der Waals surface area contributed by atoms with Gasteiger partial charge in [0.2, 0.25) is 11.5 Å². The summed E-state index contributed by atoms with van der Waals surface area (Å²) in [6.45, 7) is 2.05. The van der Waals surface area contributed by atoms with Crippen molar-refractivity contribution in [2.24, 2.45) is 0 Å². The van der Waals surface area contributed by atoms with Crippen molar-refractivity contribution >= 4 is 0 Å². The zero-order chi connectivity index (χ0) is 17.5. The molecule has 0 aliphatic rings. The zero-order valence-corrected chi connectivity index (χ0v) is 13.0. The molecule has 6 heteroatoms. The molecular weight excluding hydrogens is 314 g/mol. The summed E-state index contributed by atoms with van der Waals surface area (Å²) >= 11 is 0. The summed E-state index contributed by atoms with van der Waals surface area (Å²) in [6, 6.07) is 11.2. The molecule has 0 radical (unpaired) electrons. The second kappa shape index (κ2) is 7.94. The van der Waals surface area contributed by atoms with E-state index in [1.165, 1.54) is 12.1 Å². The number of benzene rings is 2. The van der Waals surface area contributed by atoms with Crippen molar-refractivity contribution in [1.29, 1.82) is 10.5 Å². The first-order chi connectivity index (χ1) is 11.6. The SMILES string of the molecule is CCCCOc1c(F)c(C#N)c(C#N)c(F)c1Oc1ccccc1. The monoisotopic (exact) mass is 328 g/mol. The average molecular weight is 328 g/mol. The van der Waals surface area contributed by atoms with Crippen LogP contribution in [0.3, 0.4) is 0 Å². The van der Waals surface area contributed by atoms with E-state index in [0.717, 1.165) is 6.42 Å². The Morgan fingerprint density at radius 3 is 2.08 bits per heavy atom. The third kappa shape index (κ3) is 3.44. The number of nitriles is 2. The fourth-order valence-corrected chi connectivity index (χ4v) is 2.00. The highest BCUT2D eigenvalue weighted by atomic mass is 19.1. The van der Waals surface area contributed by atoms with Crippen LogP contribution in [-0.4, -0.2) is 6.61 Å². The number of para-hydroxylation sites is 1. The Bertz CT molecular complexity index is 809. The smallest absolute Gasteiger partial charge is 0.209 e. The van der Waals surface area contributed by atoms with Gasteiger partial charge in [0.15, 0.2) is 11.6 Å². The zero-order valence-electron chi connectivity index (χ0n) is 13.0. The van der Waals surface area contributed by atoms with Crippen molar-refractivity contribution in [3.8, 4) is 29.4 Å². The third-order valence-corrected chi connectivity index (χ3v) is 3.22. The molecule has 0 heterocycles. The number of hydrogen-bond donors (Lipinski definition) is 0. The van der Waals surface area contributed by atoms with E-state index in [1.807, 2.05) is 6.92 Å². The number of hydrogen-bond acceptors (Lipinski definition) is 4. The molecule has 4 nitrogen and oxygen atoms in total. The van der Waals surface area contributed by atoms with Crippen molar-refractivity contribution < 1.29 is 18.3 Å². The van der Waals surface area contributed by atoms with Gasteiger partial charge in [0.05, 0.1) is 6.61 Å². The second-order valence-corrected chi connectivity index (χ2v) is 4.88. The predicted octanol–water partition coefficient (Wildman–Crippen LogP) is 4.68. The topological polar surface area (TPSA) is 66.0 Å². The normalized spacial score (nSPS) is 9.88. The van der Waals surface area contributed by atoms with Gasteiger partial charge in [-0.1, -0.05) is 31.5 Å². The fourth-order valence-electron chi connectivity index (χ4n) is 2.00. The van der Waals surface area contributed by atoms with Crippen LogP contribution in [0.15, 0.2) is 30.3 Å². The molecule has 0 spiro atoms. The van der Waals surface area contributed by atoms with Gasteiger partial charge in [-0.3, -0.25) is 0 Å². The maximum Gasteiger partial charge on any atom is 0.209 e. The molecule has 0 amide bonds. The van der Waals surface area contributed by atoms with Gasteiger partial charge in [0.25, 0.3) is 0 Å². The van der Waals surface area contributed by atoms with Gasteiger partial charge < -0.3 is 9.47 Å². The van der Waals surface area contributed by atoms with Crippen molar-refractivity contribution in [3.63, 3.8) is 0 Å². The molecule has 2 rings (SSSR count). The van der Waals surface area contributed by atoms with E-state index < -0.39 is 34.3 Å². The lowest BCUT2D eigenvalue weighted by molar-refractivity contribution is 0.275. The Hall–Kier alpha value is -3.12. The maximum atomic E-state index is 14.6. The molecule has 0 N–H and O–H groups in total. The van der Waals surface area contributed by atoms with E-state index in [1.54, 1.807) is 30.3 Å². The van der Waals surface area contributed by atoms with Crippen molar-refractivity contribution in [1.82, 2.24) is 0 Å². The first-order valence-electron chi connectivity index (χ1n) is 7.34. The summed E-state index contributed by atoms with van der Waals surface area (Å²) in [5.74, 6) is -3.00. The first kappa shape index (κ1) is 17.2. The van der Waals surface area contributed by atoms with E-state index in [-0.39, 0.29) is 12.4 Å². The molecule has 0 saturated carbocycles. The summed E-state index contributed by atoms with van der Waals surface area (Å²) in [7, 11) is 0. The van der Waals surface area contributed by atoms with Crippen LogP contribution in [0.5, 0.6) is 17.2 Å². The number of nitrogens with zero attached hydrogens (tertiary/aromatic N) is 2. The van der Waals surface area contributed by atoms with E-state index in [4.69, 9.17) is 20.0 Å². The Morgan fingerprint density at radius 1 is 0.958 bits per heavy atom. The van der Waals surface area contributed by atoms with E-state index in [9.17, 15) is 8.78 Å². The fraction of sp³-hybridized carbons (Fsp3) is 0.222. The van der Waals surface area contributed by atoms with E-state index in [0.29, 0.717) is 6.42 Å². The summed E-state index contributed by atoms with van der Waals surface area (Å²) in [4.78, 5) is 0. The van der Waals surface area contributed by atoms with E-state index >= 15 is 0 Å². The average Bonchev–Trinajstić information content (AvgIpc) is 2.61. The number of rotatable bonds is 6. The Labute approximate surface area is 138 Å². The van der Waals surface area contributed by atoms with Crippen molar-refractivity contribution in [2.45, 2.75) is 19.8 Å². The quantitative estimate of drug-likeness (QED) is 0.722. The lowest BCUT2D eigenvalue weighted by atomic mass is 10.1. The van der Waals surface area contributed by atoms with Crippen LogP contribution < -0.4 is 9.47 Å². The highest BCUT2D eigenvalue weighted by molar-refractivity contribution is 5.59. The summed E-state index contributed by atoms with van der Waals surface area (Å²) in [6.07, 6.45) is 1.41. The van der Waals surface area contributed by atoms with Crippen LogP contribution in [0.25, 0.3) is 0 Å². The minimum Gasteiger partial charge on any atom is -0.487 e. The van der Waals surface area contributed by atoms with Gasteiger partial charge in [-0.15, -0.1) is 0 Å². The largest absolute Gasteiger partial charge is 0.487 e. The van der Waals surface area contributed by atoms with Crippen LogP contribution >= 0.6 is 0 Å². The van der Waals surface area contributed by atoms with Gasteiger partial charge in [-0.2, -0.15) is 10.5 Å². The van der Waals surface area contributed by atoms with E-state index in [2.05, 4.69) is 0 Å². The Morgan fingerprint density at radius 2 is 1.54 bits per heavy atom. The summed E-state index contributed by atoms with van der Waals surface area (Å²) < 4.78 is 39.9. The van der Waals surface area contributed by atoms with Crippen LogP contribution in [-0.2, 0) is 0 Å². The Kier molecular flexibility index (Phi) is 5.70. The van der Waals surface area contributed by atoms with Gasteiger partial charge in [-0.25, -0.2) is 8.78 Å². The molecule has 24 heavy (non-hydrogen) atoms. The highest BCUT2D eigenvalue weighted by Gasteiger charge is 2.28. The summed E-state index contributed by atoms with van der Waals surface area (Å²) in [5.41, 5.74) is -1.40. The minimum absolute atomic E-state index is 0.134. The van der Waals surface area contributed by atoms with Crippen molar-refractivity contribution in [3.05, 3.63) is 53.1 Å². The van der Waals surface area contributed by atoms with Crippen LogP contribution in [0.1, 0.15) is 30.9 Å². The highest BCUT2D eigenvalue weighted by Crippen LogP contribution is 2.40. The molecule has 0 fully saturated rings. The predicted molar refractivity (Wildman–Crippen MR) is 82.7 cm³/mol. The molecule has 0 bridgehead atoms. The first-order valence-corrected chi connectivity index (χ1v) is 7.34.